The third-order valence-electron chi connectivity index (χ3n) is 3.72. The highest BCUT2D eigenvalue weighted by Crippen LogP contribution is 2.24. The molecule has 0 saturated carbocycles. The van der Waals surface area contributed by atoms with Crippen molar-refractivity contribution in [1.29, 1.82) is 0 Å². The van der Waals surface area contributed by atoms with Crippen LogP contribution in [-0.4, -0.2) is 35.6 Å². The molecule has 2 rings (SSSR count). The van der Waals surface area contributed by atoms with Crippen LogP contribution in [0.25, 0.3) is 10.9 Å². The average molecular weight is 320 g/mol. The first-order chi connectivity index (χ1) is 10.6. The average Bonchev–Trinajstić information content (AvgIpc) is 2.47. The Balaban J connectivity index is 2.09. The maximum absolute atomic E-state index is 6.05. The Morgan fingerprint density at radius 3 is 2.59 bits per heavy atom. The van der Waals surface area contributed by atoms with Crippen LogP contribution >= 0.6 is 11.6 Å². The molecule has 1 heterocycles. The van der Waals surface area contributed by atoms with Gasteiger partial charge in [-0.2, -0.15) is 0 Å². The molecule has 1 unspecified atom stereocenters. The summed E-state index contributed by atoms with van der Waals surface area (Å²) in [5.74, 6) is 0. The highest BCUT2D eigenvalue weighted by Gasteiger charge is 2.10. The van der Waals surface area contributed by atoms with Crippen molar-refractivity contribution in [2.75, 3.05) is 25.0 Å². The number of pyridine rings is 1. The van der Waals surface area contributed by atoms with Gasteiger partial charge in [0.2, 0.25) is 0 Å². The van der Waals surface area contributed by atoms with Crippen molar-refractivity contribution in [1.82, 2.24) is 9.88 Å². The lowest BCUT2D eigenvalue weighted by atomic mass is 10.1. The maximum atomic E-state index is 6.05. The van der Waals surface area contributed by atoms with Gasteiger partial charge < -0.3 is 10.2 Å². The number of nitrogens with one attached hydrogen (secondary N) is 1. The first-order valence-corrected chi connectivity index (χ1v) is 8.55. The number of hydrogen-bond acceptors (Lipinski definition) is 3. The molecule has 0 amide bonds. The predicted octanol–water partition coefficient (Wildman–Crippen LogP) is 4.81. The van der Waals surface area contributed by atoms with Crippen LogP contribution in [0, 0.1) is 0 Å². The van der Waals surface area contributed by atoms with Crippen molar-refractivity contribution in [3.63, 3.8) is 0 Å². The Morgan fingerprint density at radius 2 is 1.91 bits per heavy atom. The zero-order valence-corrected chi connectivity index (χ0v) is 14.5. The molecule has 0 bridgehead atoms. The van der Waals surface area contributed by atoms with E-state index in [9.17, 15) is 0 Å². The Morgan fingerprint density at radius 1 is 1.18 bits per heavy atom. The van der Waals surface area contributed by atoms with Crippen LogP contribution in [0.1, 0.15) is 33.6 Å². The molecule has 2 aromatic rings. The fraction of sp³-hybridized carbons (Fsp3) is 0.500. The first-order valence-electron chi connectivity index (χ1n) is 8.17. The second kappa shape index (κ2) is 8.35. The minimum atomic E-state index is 0.388. The van der Waals surface area contributed by atoms with Gasteiger partial charge in [-0.1, -0.05) is 25.4 Å². The molecule has 1 aromatic carbocycles. The Labute approximate surface area is 138 Å². The zero-order valence-electron chi connectivity index (χ0n) is 13.8. The largest absolute Gasteiger partial charge is 0.381 e. The Bertz CT molecular complexity index is 594. The monoisotopic (exact) mass is 319 g/mol. The summed E-state index contributed by atoms with van der Waals surface area (Å²) in [5, 5.41) is 5.47. The third-order valence-corrected chi connectivity index (χ3v) is 3.95. The maximum Gasteiger partial charge on any atom is 0.0737 e. The van der Waals surface area contributed by atoms with Crippen molar-refractivity contribution < 1.29 is 0 Å². The van der Waals surface area contributed by atoms with Gasteiger partial charge >= 0.3 is 0 Å². The molecule has 1 aromatic heterocycles. The molecule has 3 nitrogen and oxygen atoms in total. The molecular weight excluding hydrogens is 294 g/mol. The molecule has 0 aliphatic heterocycles. The number of halogens is 1. The van der Waals surface area contributed by atoms with Gasteiger partial charge in [-0.05, 0) is 57.1 Å². The second-order valence-corrected chi connectivity index (χ2v) is 6.30. The van der Waals surface area contributed by atoms with Gasteiger partial charge in [-0.3, -0.25) is 4.98 Å². The number of hydrogen-bond donors (Lipinski definition) is 1. The summed E-state index contributed by atoms with van der Waals surface area (Å²) in [4.78, 5) is 6.92. The van der Waals surface area contributed by atoms with E-state index >= 15 is 0 Å². The van der Waals surface area contributed by atoms with Crippen molar-refractivity contribution in [2.24, 2.45) is 0 Å². The summed E-state index contributed by atoms with van der Waals surface area (Å²) < 4.78 is 0. The number of nitrogens with zero attached hydrogens (tertiary/aromatic N) is 2. The molecule has 0 spiro atoms. The fourth-order valence-corrected chi connectivity index (χ4v) is 3.04. The van der Waals surface area contributed by atoms with E-state index in [1.807, 2.05) is 30.5 Å². The smallest absolute Gasteiger partial charge is 0.0737 e. The second-order valence-electron chi connectivity index (χ2n) is 5.87. The number of benzene rings is 1. The van der Waals surface area contributed by atoms with Crippen LogP contribution in [-0.2, 0) is 0 Å². The highest BCUT2D eigenvalue weighted by atomic mass is 35.5. The van der Waals surface area contributed by atoms with E-state index in [4.69, 9.17) is 11.6 Å². The van der Waals surface area contributed by atoms with Gasteiger partial charge in [0.05, 0.1) is 5.52 Å². The number of anilines is 1. The lowest BCUT2D eigenvalue weighted by Crippen LogP contribution is -2.36. The van der Waals surface area contributed by atoms with Crippen LogP contribution < -0.4 is 5.32 Å². The van der Waals surface area contributed by atoms with E-state index in [1.165, 1.54) is 12.8 Å². The van der Waals surface area contributed by atoms with Crippen molar-refractivity contribution in [3.05, 3.63) is 35.5 Å². The van der Waals surface area contributed by atoms with Crippen molar-refractivity contribution in [3.8, 4) is 0 Å². The van der Waals surface area contributed by atoms with Gasteiger partial charge in [-0.15, -0.1) is 0 Å². The Kier molecular flexibility index (Phi) is 6.47. The molecule has 1 N–H and O–H groups in total. The zero-order chi connectivity index (χ0) is 15.9. The van der Waals surface area contributed by atoms with E-state index in [2.05, 4.69) is 36.0 Å². The third kappa shape index (κ3) is 4.59. The quantitative estimate of drug-likeness (QED) is 0.756. The molecule has 22 heavy (non-hydrogen) atoms. The summed E-state index contributed by atoms with van der Waals surface area (Å²) in [7, 11) is 0. The molecule has 0 fully saturated rings. The highest BCUT2D eigenvalue weighted by molar-refractivity contribution is 6.31. The minimum absolute atomic E-state index is 0.388. The summed E-state index contributed by atoms with van der Waals surface area (Å²) in [6, 6.07) is 8.29. The van der Waals surface area contributed by atoms with Gasteiger partial charge in [0.1, 0.15) is 0 Å². The number of fused-ring (bicyclic) bond motifs is 1. The SMILES string of the molecule is CCCN(CCC)CC(C)Nc1ccnc2cc(Cl)ccc12. The number of aromatic nitrogens is 1. The molecule has 0 aliphatic carbocycles. The lowest BCUT2D eigenvalue weighted by Gasteiger charge is -2.26. The normalized spacial score (nSPS) is 12.8. The molecule has 0 aliphatic rings. The van der Waals surface area contributed by atoms with E-state index in [-0.39, 0.29) is 0 Å². The van der Waals surface area contributed by atoms with Crippen LogP contribution in [0.2, 0.25) is 5.02 Å². The van der Waals surface area contributed by atoms with Gasteiger partial charge in [0, 0.05) is 34.9 Å². The van der Waals surface area contributed by atoms with Crippen LogP contribution in [0.4, 0.5) is 5.69 Å². The standard InChI is InChI=1S/C18H26ClN3/c1-4-10-22(11-5-2)13-14(3)21-17-8-9-20-18-12-15(19)6-7-16(17)18/h6-9,12,14H,4-5,10-11,13H2,1-3H3,(H,20,21). The van der Waals surface area contributed by atoms with Crippen LogP contribution in [0.3, 0.4) is 0 Å². The summed E-state index contributed by atoms with van der Waals surface area (Å²) in [5.41, 5.74) is 2.06. The van der Waals surface area contributed by atoms with Gasteiger partial charge in [0.15, 0.2) is 0 Å². The van der Waals surface area contributed by atoms with Gasteiger partial charge in [0.25, 0.3) is 0 Å². The molecule has 0 saturated heterocycles. The molecule has 4 heteroatoms. The van der Waals surface area contributed by atoms with E-state index in [1.54, 1.807) is 0 Å². The van der Waals surface area contributed by atoms with Crippen molar-refractivity contribution >= 4 is 28.2 Å². The minimum Gasteiger partial charge on any atom is -0.381 e. The summed E-state index contributed by atoms with van der Waals surface area (Å²) >= 11 is 6.05. The van der Waals surface area contributed by atoms with E-state index in [0.717, 1.165) is 41.2 Å². The fourth-order valence-electron chi connectivity index (χ4n) is 2.87. The first kappa shape index (κ1) is 17.0. The number of rotatable bonds is 8. The van der Waals surface area contributed by atoms with Crippen molar-refractivity contribution in [2.45, 2.75) is 39.7 Å². The van der Waals surface area contributed by atoms with Gasteiger partial charge in [-0.25, -0.2) is 0 Å². The summed E-state index contributed by atoms with van der Waals surface area (Å²) in [6.07, 6.45) is 4.23. The molecular formula is C18H26ClN3. The lowest BCUT2D eigenvalue weighted by molar-refractivity contribution is 0.267. The molecule has 1 atom stereocenters. The predicted molar refractivity (Wildman–Crippen MR) is 96.9 cm³/mol. The molecule has 0 radical (unpaired) electrons. The van der Waals surface area contributed by atoms with E-state index in [0.29, 0.717) is 6.04 Å². The van der Waals surface area contributed by atoms with Crippen LogP contribution in [0.15, 0.2) is 30.5 Å². The topological polar surface area (TPSA) is 28.2 Å². The molecule has 120 valence electrons. The Hall–Kier alpha value is -1.32. The van der Waals surface area contributed by atoms with E-state index < -0.39 is 0 Å². The summed E-state index contributed by atoms with van der Waals surface area (Å²) in [6.45, 7) is 10.1. The van der Waals surface area contributed by atoms with Crippen LogP contribution in [0.5, 0.6) is 0 Å².